The molecule has 0 aliphatic heterocycles. The van der Waals surface area contributed by atoms with Gasteiger partial charge in [0.2, 0.25) is 5.95 Å². The highest BCUT2D eigenvalue weighted by Gasteiger charge is 2.10. The molecule has 0 fully saturated rings. The minimum Gasteiger partial charge on any atom is -0.467 e. The van der Waals surface area contributed by atoms with E-state index in [4.69, 9.17) is 9.40 Å². The number of furan rings is 1. The molecule has 3 aromatic rings. The highest BCUT2D eigenvalue weighted by molar-refractivity contribution is 5.78. The topological polar surface area (TPSA) is 43.0 Å². The summed E-state index contributed by atoms with van der Waals surface area (Å²) in [5.74, 6) is 1.84. The fourth-order valence-corrected chi connectivity index (χ4v) is 2.54. The molecule has 4 nitrogen and oxygen atoms in total. The molecule has 110 valence electrons. The number of unbranched alkanes of at least 4 members (excludes halogenated alkanes) is 2. The number of hydrogen-bond donors (Lipinski definition) is 1. The predicted molar refractivity (Wildman–Crippen MR) is 85.3 cm³/mol. The first kappa shape index (κ1) is 13.7. The van der Waals surface area contributed by atoms with Crippen LogP contribution in [-0.2, 0) is 13.1 Å². The number of rotatable bonds is 7. The summed E-state index contributed by atoms with van der Waals surface area (Å²) in [4.78, 5) is 4.70. The Balaban J connectivity index is 1.83. The lowest BCUT2D eigenvalue weighted by atomic mass is 10.2. The van der Waals surface area contributed by atoms with Gasteiger partial charge in [-0.05, 0) is 30.7 Å². The number of benzene rings is 1. The highest BCUT2D eigenvalue weighted by Crippen LogP contribution is 2.21. The second-order valence-electron chi connectivity index (χ2n) is 5.22. The molecule has 0 atom stereocenters. The van der Waals surface area contributed by atoms with Crippen LogP contribution >= 0.6 is 0 Å². The molecule has 0 aliphatic carbocycles. The Morgan fingerprint density at radius 1 is 1.14 bits per heavy atom. The normalized spacial score (nSPS) is 11.1. The molecule has 2 heterocycles. The quantitative estimate of drug-likeness (QED) is 0.652. The molecule has 0 amide bonds. The third kappa shape index (κ3) is 3.10. The van der Waals surface area contributed by atoms with Gasteiger partial charge >= 0.3 is 0 Å². The van der Waals surface area contributed by atoms with E-state index in [1.165, 1.54) is 24.8 Å². The van der Waals surface area contributed by atoms with Crippen LogP contribution in [0.5, 0.6) is 0 Å². The summed E-state index contributed by atoms with van der Waals surface area (Å²) < 4.78 is 7.64. The average Bonchev–Trinajstić information content (AvgIpc) is 3.13. The van der Waals surface area contributed by atoms with Gasteiger partial charge in [0.05, 0.1) is 23.8 Å². The lowest BCUT2D eigenvalue weighted by Gasteiger charge is -2.09. The van der Waals surface area contributed by atoms with E-state index in [1.54, 1.807) is 6.26 Å². The fraction of sp³-hybridized carbons (Fsp3) is 0.353. The van der Waals surface area contributed by atoms with E-state index in [2.05, 4.69) is 35.0 Å². The molecule has 4 heteroatoms. The van der Waals surface area contributed by atoms with Gasteiger partial charge in [-0.25, -0.2) is 4.98 Å². The van der Waals surface area contributed by atoms with E-state index in [0.29, 0.717) is 6.54 Å². The van der Waals surface area contributed by atoms with Crippen LogP contribution in [0.2, 0.25) is 0 Å². The van der Waals surface area contributed by atoms with Gasteiger partial charge in [0.15, 0.2) is 0 Å². The smallest absolute Gasteiger partial charge is 0.204 e. The Morgan fingerprint density at radius 2 is 2.05 bits per heavy atom. The molecule has 3 rings (SSSR count). The van der Waals surface area contributed by atoms with E-state index in [9.17, 15) is 0 Å². The maximum Gasteiger partial charge on any atom is 0.204 e. The Kier molecular flexibility index (Phi) is 4.24. The Labute approximate surface area is 124 Å². The van der Waals surface area contributed by atoms with Crippen LogP contribution in [0.1, 0.15) is 31.9 Å². The van der Waals surface area contributed by atoms with Crippen LogP contribution in [0.25, 0.3) is 11.0 Å². The zero-order valence-corrected chi connectivity index (χ0v) is 12.4. The van der Waals surface area contributed by atoms with Gasteiger partial charge in [-0.3, -0.25) is 0 Å². The summed E-state index contributed by atoms with van der Waals surface area (Å²) in [6.07, 6.45) is 5.33. The number of anilines is 1. The predicted octanol–water partition coefficient (Wildman–Crippen LogP) is 4.43. The Bertz CT molecular complexity index is 685. The molecular formula is C17H21N3O. The Morgan fingerprint density at radius 3 is 2.86 bits per heavy atom. The lowest BCUT2D eigenvalue weighted by molar-refractivity contribution is 0.516. The van der Waals surface area contributed by atoms with Gasteiger partial charge in [0.25, 0.3) is 0 Å². The third-order valence-corrected chi connectivity index (χ3v) is 3.64. The summed E-state index contributed by atoms with van der Waals surface area (Å²) in [6, 6.07) is 12.2. The molecule has 0 bridgehead atoms. The zero-order valence-electron chi connectivity index (χ0n) is 12.4. The minimum atomic E-state index is 0.657. The number of nitrogens with one attached hydrogen (secondary N) is 1. The molecule has 0 aliphatic rings. The number of imidazole rings is 1. The van der Waals surface area contributed by atoms with E-state index >= 15 is 0 Å². The summed E-state index contributed by atoms with van der Waals surface area (Å²) in [6.45, 7) is 3.88. The van der Waals surface area contributed by atoms with Gasteiger partial charge in [0.1, 0.15) is 5.76 Å². The average molecular weight is 283 g/mol. The molecule has 0 unspecified atom stereocenters. The number of hydrogen-bond acceptors (Lipinski definition) is 3. The van der Waals surface area contributed by atoms with Gasteiger partial charge in [-0.1, -0.05) is 31.9 Å². The largest absolute Gasteiger partial charge is 0.467 e. The molecule has 0 radical (unpaired) electrons. The van der Waals surface area contributed by atoms with E-state index in [0.717, 1.165) is 23.8 Å². The van der Waals surface area contributed by atoms with Crippen LogP contribution in [0.4, 0.5) is 5.95 Å². The van der Waals surface area contributed by atoms with Crippen molar-refractivity contribution < 1.29 is 4.42 Å². The van der Waals surface area contributed by atoms with Crippen molar-refractivity contribution in [2.45, 2.75) is 39.3 Å². The number of nitrogens with zero attached hydrogens (tertiary/aromatic N) is 2. The van der Waals surface area contributed by atoms with E-state index < -0.39 is 0 Å². The van der Waals surface area contributed by atoms with Crippen molar-refractivity contribution in [1.29, 1.82) is 0 Å². The van der Waals surface area contributed by atoms with Gasteiger partial charge < -0.3 is 14.3 Å². The second-order valence-corrected chi connectivity index (χ2v) is 5.22. The van der Waals surface area contributed by atoms with Crippen molar-refractivity contribution in [2.24, 2.45) is 0 Å². The van der Waals surface area contributed by atoms with Crippen molar-refractivity contribution in [3.05, 3.63) is 48.4 Å². The molecule has 0 saturated heterocycles. The van der Waals surface area contributed by atoms with Crippen LogP contribution in [-0.4, -0.2) is 9.55 Å². The van der Waals surface area contributed by atoms with E-state index in [1.807, 2.05) is 18.2 Å². The van der Waals surface area contributed by atoms with Crippen LogP contribution in [0.15, 0.2) is 47.1 Å². The number of fused-ring (bicyclic) bond motifs is 1. The maximum absolute atomic E-state index is 5.37. The first-order chi connectivity index (χ1) is 10.4. The van der Waals surface area contributed by atoms with Gasteiger partial charge in [0, 0.05) is 6.54 Å². The van der Waals surface area contributed by atoms with Crippen LogP contribution in [0.3, 0.4) is 0 Å². The molecule has 21 heavy (non-hydrogen) atoms. The number of para-hydroxylation sites is 2. The first-order valence-electron chi connectivity index (χ1n) is 7.60. The van der Waals surface area contributed by atoms with Gasteiger partial charge in [-0.2, -0.15) is 0 Å². The zero-order chi connectivity index (χ0) is 14.5. The monoisotopic (exact) mass is 283 g/mol. The summed E-state index contributed by atoms with van der Waals surface area (Å²) >= 11 is 0. The van der Waals surface area contributed by atoms with Crippen LogP contribution < -0.4 is 5.32 Å². The van der Waals surface area contributed by atoms with Crippen LogP contribution in [0, 0.1) is 0 Å². The minimum absolute atomic E-state index is 0.657. The van der Waals surface area contributed by atoms with Crippen molar-refractivity contribution in [1.82, 2.24) is 9.55 Å². The van der Waals surface area contributed by atoms with Crippen molar-refractivity contribution >= 4 is 17.0 Å². The fourth-order valence-electron chi connectivity index (χ4n) is 2.54. The lowest BCUT2D eigenvalue weighted by Crippen LogP contribution is -2.07. The highest BCUT2D eigenvalue weighted by atomic mass is 16.3. The summed E-state index contributed by atoms with van der Waals surface area (Å²) in [5.41, 5.74) is 2.23. The SMILES string of the molecule is CCCCCn1c(NCc2ccco2)nc2ccccc21. The molecule has 0 spiro atoms. The number of aryl methyl sites for hydroxylation is 1. The number of aromatic nitrogens is 2. The molecular weight excluding hydrogens is 262 g/mol. The molecule has 1 N–H and O–H groups in total. The second kappa shape index (κ2) is 6.48. The van der Waals surface area contributed by atoms with Crippen molar-refractivity contribution in [3.63, 3.8) is 0 Å². The Hall–Kier alpha value is -2.23. The first-order valence-corrected chi connectivity index (χ1v) is 7.60. The van der Waals surface area contributed by atoms with E-state index in [-0.39, 0.29) is 0 Å². The molecule has 1 aromatic carbocycles. The van der Waals surface area contributed by atoms with Gasteiger partial charge in [-0.15, -0.1) is 0 Å². The van der Waals surface area contributed by atoms with Crippen molar-refractivity contribution in [2.75, 3.05) is 5.32 Å². The maximum atomic E-state index is 5.37. The van der Waals surface area contributed by atoms with Crippen molar-refractivity contribution in [3.8, 4) is 0 Å². The molecule has 0 saturated carbocycles. The standard InChI is InChI=1S/C17H21N3O/c1-2-3-6-11-20-16-10-5-4-9-15(16)19-17(20)18-13-14-8-7-12-21-14/h4-5,7-10,12H,2-3,6,11,13H2,1H3,(H,18,19). The third-order valence-electron chi connectivity index (χ3n) is 3.64. The summed E-state index contributed by atoms with van der Waals surface area (Å²) in [5, 5.41) is 3.39. The summed E-state index contributed by atoms with van der Waals surface area (Å²) in [7, 11) is 0. The molecule has 2 aromatic heterocycles.